The van der Waals surface area contributed by atoms with Gasteiger partial charge >= 0.3 is 0 Å². The molecular weight excluding hydrogens is 322 g/mol. The van der Waals surface area contributed by atoms with Gasteiger partial charge in [0, 0.05) is 18.8 Å². The topological polar surface area (TPSA) is 64.0 Å². The quantitative estimate of drug-likeness (QED) is 0.743. The lowest BCUT2D eigenvalue weighted by atomic mass is 9.99. The number of sulfonamides is 1. The molecule has 1 unspecified atom stereocenters. The van der Waals surface area contributed by atoms with E-state index in [1.165, 1.54) is 5.56 Å². The second-order valence-electron chi connectivity index (χ2n) is 6.28. The summed E-state index contributed by atoms with van der Waals surface area (Å²) in [4.78, 5) is 0.320. The van der Waals surface area contributed by atoms with Crippen LogP contribution in [0, 0.1) is 13.8 Å². The van der Waals surface area contributed by atoms with Gasteiger partial charge in [-0.1, -0.05) is 26.0 Å². The lowest BCUT2D eigenvalue weighted by Crippen LogP contribution is -2.25. The third-order valence-electron chi connectivity index (χ3n) is 4.31. The average Bonchev–Trinajstić information content (AvgIpc) is 2.88. The lowest BCUT2D eigenvalue weighted by Gasteiger charge is -2.11. The van der Waals surface area contributed by atoms with Gasteiger partial charge in [0.15, 0.2) is 0 Å². The molecule has 0 aliphatic rings. The smallest absolute Gasteiger partial charge is 0.240 e. The molecule has 0 saturated carbocycles. The molecule has 132 valence electrons. The third kappa shape index (κ3) is 4.68. The van der Waals surface area contributed by atoms with Gasteiger partial charge < -0.3 is 0 Å². The van der Waals surface area contributed by atoms with Crippen LogP contribution in [0.2, 0.25) is 0 Å². The minimum absolute atomic E-state index is 0.320. The van der Waals surface area contributed by atoms with Gasteiger partial charge in [0.25, 0.3) is 0 Å². The van der Waals surface area contributed by atoms with Gasteiger partial charge in [-0.25, -0.2) is 13.1 Å². The molecule has 2 rings (SSSR count). The second kappa shape index (κ2) is 7.94. The fourth-order valence-electron chi connectivity index (χ4n) is 2.63. The van der Waals surface area contributed by atoms with Crippen molar-refractivity contribution in [2.75, 3.05) is 6.54 Å². The standard InChI is InChI=1S/C18H27N3O2S/c1-5-14(2)17-7-9-18(10-8-17)24(22,23)19-11-6-12-21-16(4)13-15(3)20-21/h7-10,13-14,19H,5-6,11-12H2,1-4H3. The maximum Gasteiger partial charge on any atom is 0.240 e. The first-order valence-electron chi connectivity index (χ1n) is 8.44. The average molecular weight is 350 g/mol. The van der Waals surface area contributed by atoms with Crippen LogP contribution in [0.5, 0.6) is 0 Å². The molecule has 6 heteroatoms. The second-order valence-corrected chi connectivity index (χ2v) is 8.05. The van der Waals surface area contributed by atoms with Gasteiger partial charge in [-0.05, 0) is 56.4 Å². The number of rotatable bonds is 8. The van der Waals surface area contributed by atoms with Crippen LogP contribution < -0.4 is 4.72 Å². The van der Waals surface area contributed by atoms with Crippen LogP contribution in [0.3, 0.4) is 0 Å². The number of nitrogens with zero attached hydrogens (tertiary/aromatic N) is 2. The molecule has 2 aromatic rings. The minimum Gasteiger partial charge on any atom is -0.270 e. The van der Waals surface area contributed by atoms with Crippen LogP contribution in [0.25, 0.3) is 0 Å². The van der Waals surface area contributed by atoms with Crippen LogP contribution in [0.4, 0.5) is 0 Å². The zero-order valence-electron chi connectivity index (χ0n) is 14.9. The van der Waals surface area contributed by atoms with Crippen molar-refractivity contribution < 1.29 is 8.42 Å². The number of aromatic nitrogens is 2. The van der Waals surface area contributed by atoms with Crippen molar-refractivity contribution >= 4 is 10.0 Å². The molecular formula is C18H27N3O2S. The molecule has 0 radical (unpaired) electrons. The Morgan fingerprint density at radius 3 is 2.42 bits per heavy atom. The number of aryl methyl sites for hydroxylation is 3. The van der Waals surface area contributed by atoms with Gasteiger partial charge in [-0.3, -0.25) is 4.68 Å². The highest BCUT2D eigenvalue weighted by atomic mass is 32.2. The van der Waals surface area contributed by atoms with E-state index < -0.39 is 10.0 Å². The number of benzene rings is 1. The minimum atomic E-state index is -3.45. The molecule has 0 aliphatic carbocycles. The molecule has 0 fully saturated rings. The fourth-order valence-corrected chi connectivity index (χ4v) is 3.71. The van der Waals surface area contributed by atoms with Crippen molar-refractivity contribution in [1.29, 1.82) is 0 Å². The predicted octanol–water partition coefficient (Wildman–Crippen LogP) is 3.38. The molecule has 5 nitrogen and oxygen atoms in total. The molecule has 0 aliphatic heterocycles. The SMILES string of the molecule is CCC(C)c1ccc(S(=O)(=O)NCCCn2nc(C)cc2C)cc1. The summed E-state index contributed by atoms with van der Waals surface area (Å²) in [6.07, 6.45) is 1.74. The number of hydrogen-bond acceptors (Lipinski definition) is 3. The maximum absolute atomic E-state index is 12.3. The normalized spacial score (nSPS) is 13.2. The Hall–Kier alpha value is -1.66. The van der Waals surface area contributed by atoms with Crippen LogP contribution in [0.15, 0.2) is 35.2 Å². The van der Waals surface area contributed by atoms with E-state index in [1.54, 1.807) is 12.1 Å². The summed E-state index contributed by atoms with van der Waals surface area (Å²) in [7, 11) is -3.45. The summed E-state index contributed by atoms with van der Waals surface area (Å²) in [6, 6.07) is 9.19. The largest absolute Gasteiger partial charge is 0.270 e. The van der Waals surface area contributed by atoms with Crippen LogP contribution in [-0.4, -0.2) is 24.7 Å². The Bertz CT molecular complexity index is 764. The molecule has 24 heavy (non-hydrogen) atoms. The van der Waals surface area contributed by atoms with E-state index in [0.29, 0.717) is 30.3 Å². The zero-order valence-corrected chi connectivity index (χ0v) is 15.7. The summed E-state index contributed by atoms with van der Waals surface area (Å²) in [5.41, 5.74) is 3.24. The summed E-state index contributed by atoms with van der Waals surface area (Å²) in [5.74, 6) is 0.440. The van der Waals surface area contributed by atoms with E-state index in [-0.39, 0.29) is 0 Å². The Morgan fingerprint density at radius 2 is 1.88 bits per heavy atom. The molecule has 0 saturated heterocycles. The highest BCUT2D eigenvalue weighted by Gasteiger charge is 2.14. The molecule has 1 atom stereocenters. The first kappa shape index (κ1) is 18.7. The summed E-state index contributed by atoms with van der Waals surface area (Å²) >= 11 is 0. The molecule has 0 amide bonds. The van der Waals surface area contributed by atoms with E-state index in [0.717, 1.165) is 17.8 Å². The molecule has 1 heterocycles. The van der Waals surface area contributed by atoms with Gasteiger partial charge in [0.05, 0.1) is 10.6 Å². The Balaban J connectivity index is 1.90. The van der Waals surface area contributed by atoms with Crippen molar-refractivity contribution in [3.63, 3.8) is 0 Å². The number of nitrogens with one attached hydrogen (secondary N) is 1. The van der Waals surface area contributed by atoms with Crippen molar-refractivity contribution in [2.45, 2.75) is 57.9 Å². The van der Waals surface area contributed by atoms with Crippen LogP contribution in [0.1, 0.15) is 49.6 Å². The first-order valence-corrected chi connectivity index (χ1v) is 9.92. The molecule has 1 N–H and O–H groups in total. The van der Waals surface area contributed by atoms with E-state index in [2.05, 4.69) is 23.7 Å². The van der Waals surface area contributed by atoms with Gasteiger partial charge in [-0.2, -0.15) is 5.10 Å². The Morgan fingerprint density at radius 1 is 1.21 bits per heavy atom. The first-order chi connectivity index (χ1) is 11.3. The van der Waals surface area contributed by atoms with E-state index >= 15 is 0 Å². The molecule has 0 bridgehead atoms. The zero-order chi connectivity index (χ0) is 17.7. The highest BCUT2D eigenvalue weighted by Crippen LogP contribution is 2.20. The predicted molar refractivity (Wildman–Crippen MR) is 96.7 cm³/mol. The van der Waals surface area contributed by atoms with Crippen molar-refractivity contribution in [3.8, 4) is 0 Å². The van der Waals surface area contributed by atoms with Crippen LogP contribution >= 0.6 is 0 Å². The van der Waals surface area contributed by atoms with E-state index in [1.807, 2.05) is 36.7 Å². The Labute approximate surface area is 145 Å². The van der Waals surface area contributed by atoms with Crippen LogP contribution in [-0.2, 0) is 16.6 Å². The summed E-state index contributed by atoms with van der Waals surface area (Å²) in [5, 5.41) is 4.38. The van der Waals surface area contributed by atoms with Crippen molar-refractivity contribution in [1.82, 2.24) is 14.5 Å². The van der Waals surface area contributed by atoms with E-state index in [9.17, 15) is 8.42 Å². The summed E-state index contributed by atoms with van der Waals surface area (Å²) in [6.45, 7) is 9.32. The molecule has 1 aromatic heterocycles. The number of hydrogen-bond donors (Lipinski definition) is 1. The molecule has 0 spiro atoms. The highest BCUT2D eigenvalue weighted by molar-refractivity contribution is 7.89. The van der Waals surface area contributed by atoms with E-state index in [4.69, 9.17) is 0 Å². The Kier molecular flexibility index (Phi) is 6.18. The monoisotopic (exact) mass is 349 g/mol. The van der Waals surface area contributed by atoms with Gasteiger partial charge in [0.2, 0.25) is 10.0 Å². The molecule has 1 aromatic carbocycles. The fraction of sp³-hybridized carbons (Fsp3) is 0.500. The lowest BCUT2D eigenvalue weighted by molar-refractivity contribution is 0.544. The van der Waals surface area contributed by atoms with Crippen molar-refractivity contribution in [3.05, 3.63) is 47.3 Å². The third-order valence-corrected chi connectivity index (χ3v) is 5.79. The van der Waals surface area contributed by atoms with Crippen molar-refractivity contribution in [2.24, 2.45) is 0 Å². The van der Waals surface area contributed by atoms with Gasteiger partial charge in [0.1, 0.15) is 0 Å². The van der Waals surface area contributed by atoms with Gasteiger partial charge in [-0.15, -0.1) is 0 Å². The maximum atomic E-state index is 12.3. The summed E-state index contributed by atoms with van der Waals surface area (Å²) < 4.78 is 29.2.